The van der Waals surface area contributed by atoms with Gasteiger partial charge in [0.1, 0.15) is 11.3 Å². The number of benzene rings is 1. The second kappa shape index (κ2) is 5.97. The number of para-hydroxylation sites is 1. The molecular weight excluding hydrogens is 346 g/mol. The molecule has 1 aromatic heterocycles. The fraction of sp³-hybridized carbons (Fsp3) is 0.350. The van der Waals surface area contributed by atoms with Gasteiger partial charge in [-0.25, -0.2) is 0 Å². The van der Waals surface area contributed by atoms with Gasteiger partial charge < -0.3 is 9.15 Å². The van der Waals surface area contributed by atoms with Crippen molar-refractivity contribution in [1.82, 2.24) is 0 Å². The third-order valence-corrected chi connectivity index (χ3v) is 5.27. The van der Waals surface area contributed by atoms with Crippen LogP contribution in [0.15, 0.2) is 33.5 Å². The maximum atomic E-state index is 13.3. The summed E-state index contributed by atoms with van der Waals surface area (Å²) < 4.78 is 11.3. The lowest BCUT2D eigenvalue weighted by Crippen LogP contribution is -2.56. The summed E-state index contributed by atoms with van der Waals surface area (Å²) in [4.78, 5) is 25.1. The van der Waals surface area contributed by atoms with Crippen LogP contribution in [-0.4, -0.2) is 5.97 Å². The van der Waals surface area contributed by atoms with Gasteiger partial charge in [0, 0.05) is 12.8 Å². The first kappa shape index (κ1) is 18.2. The highest BCUT2D eigenvalue weighted by Crippen LogP contribution is 2.56. The molecule has 27 heavy (non-hydrogen) atoms. The van der Waals surface area contributed by atoms with Gasteiger partial charge in [-0.1, -0.05) is 19.1 Å². The van der Waals surface area contributed by atoms with Crippen LogP contribution in [0, 0.1) is 45.3 Å². The molecule has 7 heteroatoms. The molecule has 0 amide bonds. The van der Waals surface area contributed by atoms with E-state index in [0.29, 0.717) is 5.58 Å². The van der Waals surface area contributed by atoms with E-state index >= 15 is 0 Å². The lowest BCUT2D eigenvalue weighted by atomic mass is 9.55. The van der Waals surface area contributed by atoms with E-state index in [1.54, 1.807) is 31.2 Å². The minimum Gasteiger partial charge on any atom is -0.460 e. The number of carbonyl (C=O) groups is 1. The second-order valence-corrected chi connectivity index (χ2v) is 6.72. The molecule has 7 nitrogen and oxygen atoms in total. The SMILES string of the molecule is CC(=O)OC1(C)c2c(oc3ccccc3c2=O)C(C)C(C#N)C1(C#N)C#N. The topological polar surface area (TPSA) is 128 Å². The van der Waals surface area contributed by atoms with Crippen LogP contribution in [0.2, 0.25) is 0 Å². The van der Waals surface area contributed by atoms with Gasteiger partial charge in [-0.3, -0.25) is 9.59 Å². The Morgan fingerprint density at radius 1 is 1.22 bits per heavy atom. The molecule has 0 saturated heterocycles. The highest BCUT2D eigenvalue weighted by atomic mass is 16.6. The van der Waals surface area contributed by atoms with Crippen molar-refractivity contribution in [3.05, 3.63) is 45.8 Å². The van der Waals surface area contributed by atoms with Crippen molar-refractivity contribution >= 4 is 16.9 Å². The van der Waals surface area contributed by atoms with Crippen LogP contribution in [-0.2, 0) is 15.1 Å². The zero-order valence-corrected chi connectivity index (χ0v) is 14.9. The van der Waals surface area contributed by atoms with Crippen LogP contribution >= 0.6 is 0 Å². The van der Waals surface area contributed by atoms with Gasteiger partial charge in [-0.05, 0) is 19.1 Å². The first-order valence-corrected chi connectivity index (χ1v) is 8.25. The summed E-state index contributed by atoms with van der Waals surface area (Å²) in [6, 6.07) is 12.2. The van der Waals surface area contributed by atoms with Crippen LogP contribution in [0.4, 0.5) is 0 Å². The van der Waals surface area contributed by atoms with Crippen molar-refractivity contribution in [3.8, 4) is 18.2 Å². The molecule has 3 atom stereocenters. The number of nitriles is 3. The third kappa shape index (κ3) is 2.17. The van der Waals surface area contributed by atoms with Crippen LogP contribution < -0.4 is 5.43 Å². The van der Waals surface area contributed by atoms with E-state index in [1.807, 2.05) is 18.2 Å². The Morgan fingerprint density at radius 2 is 1.85 bits per heavy atom. The molecule has 3 unspecified atom stereocenters. The quantitative estimate of drug-likeness (QED) is 0.714. The fourth-order valence-corrected chi connectivity index (χ4v) is 3.96. The number of rotatable bonds is 1. The predicted molar refractivity (Wildman–Crippen MR) is 92.8 cm³/mol. The number of carbonyl (C=O) groups excluding carboxylic acids is 1. The summed E-state index contributed by atoms with van der Waals surface area (Å²) >= 11 is 0. The number of ether oxygens (including phenoxy) is 1. The Hall–Kier alpha value is -3.63. The second-order valence-electron chi connectivity index (χ2n) is 6.72. The van der Waals surface area contributed by atoms with Gasteiger partial charge in [0.15, 0.2) is 11.0 Å². The molecule has 0 saturated carbocycles. The van der Waals surface area contributed by atoms with Gasteiger partial charge in [-0.2, -0.15) is 15.8 Å². The molecule has 1 aliphatic rings. The van der Waals surface area contributed by atoms with E-state index in [-0.39, 0.29) is 16.7 Å². The molecule has 2 aromatic rings. The normalized spacial score (nSPS) is 25.5. The van der Waals surface area contributed by atoms with Crippen molar-refractivity contribution in [2.75, 3.05) is 0 Å². The van der Waals surface area contributed by atoms with Gasteiger partial charge in [0.05, 0.1) is 35.1 Å². The van der Waals surface area contributed by atoms with E-state index in [9.17, 15) is 25.4 Å². The molecule has 0 N–H and O–H groups in total. The van der Waals surface area contributed by atoms with Crippen LogP contribution in [0.1, 0.15) is 38.0 Å². The Balaban J connectivity index is 2.56. The Labute approximate surface area is 155 Å². The summed E-state index contributed by atoms with van der Waals surface area (Å²) in [5, 5.41) is 29.7. The average molecular weight is 361 g/mol. The molecule has 1 aliphatic carbocycles. The smallest absolute Gasteiger partial charge is 0.303 e. The monoisotopic (exact) mass is 361 g/mol. The minimum absolute atomic E-state index is 0.0708. The highest BCUT2D eigenvalue weighted by Gasteiger charge is 2.66. The zero-order valence-electron chi connectivity index (χ0n) is 14.9. The van der Waals surface area contributed by atoms with Gasteiger partial charge in [0.2, 0.25) is 5.41 Å². The van der Waals surface area contributed by atoms with Crippen LogP contribution in [0.3, 0.4) is 0 Å². The number of fused-ring (bicyclic) bond motifs is 2. The minimum atomic E-state index is -2.07. The number of esters is 1. The number of nitrogens with zero attached hydrogens (tertiary/aromatic N) is 3. The standard InChI is InChI=1S/C20H15N3O4/c1-11-14(8-21)20(9-22,10-23)19(3,27-12(2)24)16-17(25)13-6-4-5-7-15(13)26-18(11)16/h4-7,11,14H,1-3H3. The van der Waals surface area contributed by atoms with Crippen LogP contribution in [0.5, 0.6) is 0 Å². The summed E-state index contributed by atoms with van der Waals surface area (Å²) in [6.45, 7) is 4.05. The van der Waals surface area contributed by atoms with E-state index in [0.717, 1.165) is 6.92 Å². The van der Waals surface area contributed by atoms with E-state index in [1.165, 1.54) is 6.92 Å². The molecule has 0 radical (unpaired) electrons. The fourth-order valence-electron chi connectivity index (χ4n) is 3.96. The Morgan fingerprint density at radius 3 is 2.41 bits per heavy atom. The van der Waals surface area contributed by atoms with E-state index in [4.69, 9.17) is 9.15 Å². The Kier molecular flexibility index (Phi) is 4.02. The van der Waals surface area contributed by atoms with Crippen LogP contribution in [0.25, 0.3) is 11.0 Å². The lowest BCUT2D eigenvalue weighted by Gasteiger charge is -2.46. The predicted octanol–water partition coefficient (Wildman–Crippen LogP) is 2.86. The third-order valence-electron chi connectivity index (χ3n) is 5.27. The van der Waals surface area contributed by atoms with E-state index < -0.39 is 34.2 Å². The first-order chi connectivity index (χ1) is 12.8. The number of hydrogen-bond donors (Lipinski definition) is 0. The van der Waals surface area contributed by atoms with Gasteiger partial charge >= 0.3 is 5.97 Å². The van der Waals surface area contributed by atoms with Gasteiger partial charge in [-0.15, -0.1) is 0 Å². The van der Waals surface area contributed by atoms with E-state index in [2.05, 4.69) is 0 Å². The molecule has 0 fully saturated rings. The maximum Gasteiger partial charge on any atom is 0.303 e. The summed E-state index contributed by atoms with van der Waals surface area (Å²) in [6.07, 6.45) is 0. The van der Waals surface area contributed by atoms with Crippen molar-refractivity contribution in [1.29, 1.82) is 15.8 Å². The molecular formula is C20H15N3O4. The zero-order chi connectivity index (χ0) is 20.0. The molecule has 1 aromatic carbocycles. The van der Waals surface area contributed by atoms with Crippen molar-refractivity contribution in [3.63, 3.8) is 0 Å². The largest absolute Gasteiger partial charge is 0.460 e. The average Bonchev–Trinajstić information content (AvgIpc) is 2.64. The molecule has 134 valence electrons. The first-order valence-electron chi connectivity index (χ1n) is 8.25. The number of hydrogen-bond acceptors (Lipinski definition) is 7. The van der Waals surface area contributed by atoms with Gasteiger partial charge in [0.25, 0.3) is 0 Å². The summed E-state index contributed by atoms with van der Waals surface area (Å²) in [5.74, 6) is -2.54. The molecule has 0 aliphatic heterocycles. The van der Waals surface area contributed by atoms with Crippen molar-refractivity contribution < 1.29 is 13.9 Å². The molecule has 0 bridgehead atoms. The lowest BCUT2D eigenvalue weighted by molar-refractivity contribution is -0.170. The molecule has 1 heterocycles. The van der Waals surface area contributed by atoms with Crippen molar-refractivity contribution in [2.45, 2.75) is 32.3 Å². The summed E-state index contributed by atoms with van der Waals surface area (Å²) in [5.41, 5.74) is -4.28. The molecule has 3 rings (SSSR count). The maximum absolute atomic E-state index is 13.3. The highest BCUT2D eigenvalue weighted by molar-refractivity contribution is 5.78. The molecule has 0 spiro atoms. The summed E-state index contributed by atoms with van der Waals surface area (Å²) in [7, 11) is 0. The Bertz CT molecular complexity index is 1130. The van der Waals surface area contributed by atoms with Crippen molar-refractivity contribution in [2.24, 2.45) is 11.3 Å².